The fourth-order valence-corrected chi connectivity index (χ4v) is 2.13. The van der Waals surface area contributed by atoms with Crippen molar-refractivity contribution in [2.45, 2.75) is 19.4 Å². The van der Waals surface area contributed by atoms with E-state index < -0.39 is 11.6 Å². The van der Waals surface area contributed by atoms with E-state index in [0.717, 1.165) is 12.1 Å². The minimum atomic E-state index is -0.463. The summed E-state index contributed by atoms with van der Waals surface area (Å²) in [6.07, 6.45) is 1.80. The Morgan fingerprint density at radius 1 is 1.24 bits per heavy atom. The van der Waals surface area contributed by atoms with Crippen LogP contribution < -0.4 is 10.1 Å². The Bertz CT molecular complexity index is 607. The molecule has 1 atom stereocenters. The molecule has 0 saturated carbocycles. The number of rotatable bonds is 6. The zero-order valence-corrected chi connectivity index (χ0v) is 11.9. The van der Waals surface area contributed by atoms with Gasteiger partial charge in [0, 0.05) is 29.8 Å². The monoisotopic (exact) mass is 293 g/mol. The van der Waals surface area contributed by atoms with Crippen molar-refractivity contribution in [2.24, 2.45) is 0 Å². The van der Waals surface area contributed by atoms with Gasteiger partial charge in [0.05, 0.1) is 7.11 Å². The molecule has 1 aromatic carbocycles. The van der Waals surface area contributed by atoms with Crippen LogP contribution >= 0.6 is 0 Å². The Morgan fingerprint density at radius 3 is 2.76 bits per heavy atom. The van der Waals surface area contributed by atoms with Crippen LogP contribution in [0.3, 0.4) is 0 Å². The Morgan fingerprint density at radius 2 is 2.05 bits per heavy atom. The molecule has 0 spiro atoms. The third-order valence-electron chi connectivity index (χ3n) is 3.11. The second-order valence-electron chi connectivity index (χ2n) is 4.53. The highest BCUT2D eigenvalue weighted by molar-refractivity contribution is 5.25. The van der Waals surface area contributed by atoms with Gasteiger partial charge in [-0.05, 0) is 24.7 Å². The van der Waals surface area contributed by atoms with Crippen molar-refractivity contribution in [1.29, 1.82) is 0 Å². The summed E-state index contributed by atoms with van der Waals surface area (Å²) in [6.45, 7) is 2.54. The predicted octanol–water partition coefficient (Wildman–Crippen LogP) is 2.66. The van der Waals surface area contributed by atoms with Crippen molar-refractivity contribution in [3.8, 4) is 5.88 Å². The standard InChI is InChI=1S/C15H17F2N3O/c1-3-18-14(12-6-10(16)4-5-13(12)17)7-11-8-15(21-2)20-9-19-11/h4-6,8-9,14,18H,3,7H2,1-2H3. The number of nitrogens with one attached hydrogen (secondary N) is 1. The van der Waals surface area contributed by atoms with Crippen molar-refractivity contribution in [3.63, 3.8) is 0 Å². The molecule has 0 aliphatic rings. The molecule has 1 unspecified atom stereocenters. The number of nitrogens with zero attached hydrogens (tertiary/aromatic N) is 2. The topological polar surface area (TPSA) is 47.0 Å². The predicted molar refractivity (Wildman–Crippen MR) is 75.1 cm³/mol. The van der Waals surface area contributed by atoms with E-state index in [0.29, 0.717) is 24.5 Å². The number of hydrogen-bond acceptors (Lipinski definition) is 4. The fraction of sp³-hybridized carbons (Fsp3) is 0.333. The van der Waals surface area contributed by atoms with Crippen LogP contribution in [0.4, 0.5) is 8.78 Å². The first-order valence-corrected chi connectivity index (χ1v) is 6.67. The molecule has 4 nitrogen and oxygen atoms in total. The van der Waals surface area contributed by atoms with Gasteiger partial charge in [0.1, 0.15) is 18.0 Å². The normalized spacial score (nSPS) is 12.2. The lowest BCUT2D eigenvalue weighted by molar-refractivity contribution is 0.395. The number of likely N-dealkylation sites (N-methyl/N-ethyl adjacent to an activating group) is 1. The summed E-state index contributed by atoms with van der Waals surface area (Å²) in [5, 5.41) is 3.15. The van der Waals surface area contributed by atoms with Gasteiger partial charge in [0.25, 0.3) is 0 Å². The second-order valence-corrected chi connectivity index (χ2v) is 4.53. The van der Waals surface area contributed by atoms with Crippen molar-refractivity contribution in [3.05, 3.63) is 53.5 Å². The van der Waals surface area contributed by atoms with Gasteiger partial charge in [-0.2, -0.15) is 0 Å². The Labute approximate surface area is 122 Å². The van der Waals surface area contributed by atoms with Gasteiger partial charge in [0.15, 0.2) is 0 Å². The van der Waals surface area contributed by atoms with Crippen molar-refractivity contribution < 1.29 is 13.5 Å². The van der Waals surface area contributed by atoms with E-state index in [-0.39, 0.29) is 11.6 Å². The van der Waals surface area contributed by atoms with Crippen LogP contribution in [0.1, 0.15) is 24.2 Å². The first kappa shape index (κ1) is 15.3. The third-order valence-corrected chi connectivity index (χ3v) is 3.11. The van der Waals surface area contributed by atoms with E-state index >= 15 is 0 Å². The molecule has 0 radical (unpaired) electrons. The summed E-state index contributed by atoms with van der Waals surface area (Å²) in [5.74, 6) is -0.465. The Kier molecular flexibility index (Phi) is 5.16. The van der Waals surface area contributed by atoms with Crippen LogP contribution in [0.15, 0.2) is 30.6 Å². The molecule has 2 rings (SSSR count). The highest BCUT2D eigenvalue weighted by Crippen LogP contribution is 2.22. The van der Waals surface area contributed by atoms with Gasteiger partial charge in [0.2, 0.25) is 5.88 Å². The van der Waals surface area contributed by atoms with Crippen LogP contribution in [-0.4, -0.2) is 23.6 Å². The van der Waals surface area contributed by atoms with Crippen molar-refractivity contribution in [2.75, 3.05) is 13.7 Å². The highest BCUT2D eigenvalue weighted by atomic mass is 19.1. The van der Waals surface area contributed by atoms with E-state index in [2.05, 4.69) is 15.3 Å². The minimum Gasteiger partial charge on any atom is -0.481 e. The van der Waals surface area contributed by atoms with E-state index in [1.54, 1.807) is 6.07 Å². The maximum Gasteiger partial charge on any atom is 0.216 e. The van der Waals surface area contributed by atoms with Crippen LogP contribution in [0.5, 0.6) is 5.88 Å². The fourth-order valence-electron chi connectivity index (χ4n) is 2.13. The molecule has 21 heavy (non-hydrogen) atoms. The van der Waals surface area contributed by atoms with Gasteiger partial charge in [-0.15, -0.1) is 0 Å². The quantitative estimate of drug-likeness (QED) is 0.889. The molecule has 0 bridgehead atoms. The van der Waals surface area contributed by atoms with Gasteiger partial charge < -0.3 is 10.1 Å². The van der Waals surface area contributed by atoms with E-state index in [9.17, 15) is 8.78 Å². The number of methoxy groups -OCH3 is 1. The number of benzene rings is 1. The number of halogens is 2. The molecule has 0 amide bonds. The molecule has 2 aromatic rings. The second kappa shape index (κ2) is 7.08. The molecule has 1 N–H and O–H groups in total. The molecule has 1 heterocycles. The summed E-state index contributed by atoms with van der Waals surface area (Å²) in [7, 11) is 1.51. The largest absolute Gasteiger partial charge is 0.481 e. The summed E-state index contributed by atoms with van der Waals surface area (Å²) in [6, 6.07) is 4.76. The van der Waals surface area contributed by atoms with Gasteiger partial charge in [-0.3, -0.25) is 0 Å². The van der Waals surface area contributed by atoms with Gasteiger partial charge in [-0.25, -0.2) is 18.7 Å². The Balaban J connectivity index is 2.28. The number of ether oxygens (including phenoxy) is 1. The van der Waals surface area contributed by atoms with Crippen LogP contribution in [0, 0.1) is 11.6 Å². The molecule has 0 fully saturated rings. The summed E-state index contributed by atoms with van der Waals surface area (Å²) in [5.41, 5.74) is 0.978. The van der Waals surface area contributed by atoms with Crippen molar-refractivity contribution >= 4 is 0 Å². The number of hydrogen-bond donors (Lipinski definition) is 1. The molecule has 0 saturated heterocycles. The molecule has 6 heteroatoms. The lowest BCUT2D eigenvalue weighted by Crippen LogP contribution is -2.24. The molecule has 0 aliphatic heterocycles. The van der Waals surface area contributed by atoms with Gasteiger partial charge >= 0.3 is 0 Å². The molecular formula is C15H17F2N3O. The minimum absolute atomic E-state index is 0.287. The van der Waals surface area contributed by atoms with Gasteiger partial charge in [-0.1, -0.05) is 6.92 Å². The SMILES string of the molecule is CCNC(Cc1cc(OC)ncn1)c1cc(F)ccc1F. The van der Waals surface area contributed by atoms with Crippen molar-refractivity contribution in [1.82, 2.24) is 15.3 Å². The summed E-state index contributed by atoms with van der Waals surface area (Å²) in [4.78, 5) is 8.07. The first-order chi connectivity index (χ1) is 10.1. The molecule has 112 valence electrons. The summed E-state index contributed by atoms with van der Waals surface area (Å²) >= 11 is 0. The third kappa shape index (κ3) is 3.95. The summed E-state index contributed by atoms with van der Waals surface area (Å²) < 4.78 is 32.3. The first-order valence-electron chi connectivity index (χ1n) is 6.67. The smallest absolute Gasteiger partial charge is 0.216 e. The lowest BCUT2D eigenvalue weighted by atomic mass is 10.0. The lowest BCUT2D eigenvalue weighted by Gasteiger charge is -2.19. The molecular weight excluding hydrogens is 276 g/mol. The number of aromatic nitrogens is 2. The van der Waals surface area contributed by atoms with Crippen LogP contribution in [0.25, 0.3) is 0 Å². The molecule has 1 aromatic heterocycles. The Hall–Kier alpha value is -2.08. The molecule has 0 aliphatic carbocycles. The maximum absolute atomic E-state index is 13.9. The maximum atomic E-state index is 13.9. The van der Waals surface area contributed by atoms with E-state index in [1.807, 2.05) is 6.92 Å². The average Bonchev–Trinajstić information content (AvgIpc) is 2.49. The van der Waals surface area contributed by atoms with E-state index in [1.165, 1.54) is 19.5 Å². The zero-order valence-electron chi connectivity index (χ0n) is 11.9. The van der Waals surface area contributed by atoms with Crippen LogP contribution in [0.2, 0.25) is 0 Å². The van der Waals surface area contributed by atoms with E-state index in [4.69, 9.17) is 4.74 Å². The zero-order chi connectivity index (χ0) is 15.2. The average molecular weight is 293 g/mol. The highest BCUT2D eigenvalue weighted by Gasteiger charge is 2.17. The van der Waals surface area contributed by atoms with Crippen LogP contribution in [-0.2, 0) is 6.42 Å².